The Labute approximate surface area is 244 Å². The summed E-state index contributed by atoms with van der Waals surface area (Å²) in [4.78, 5) is 35.7. The van der Waals surface area contributed by atoms with Gasteiger partial charge in [0.15, 0.2) is 5.13 Å². The Balaban J connectivity index is 1.20. The van der Waals surface area contributed by atoms with E-state index in [1.807, 2.05) is 61.5 Å². The molecule has 5 aromatic rings. The molecule has 0 spiro atoms. The lowest BCUT2D eigenvalue weighted by atomic mass is 10.1. The van der Waals surface area contributed by atoms with Crippen LogP contribution in [0.5, 0.6) is 5.75 Å². The Morgan fingerprint density at radius 1 is 0.975 bits per heavy atom. The molecule has 0 unspecified atom stereocenters. The van der Waals surface area contributed by atoms with Crippen molar-refractivity contribution < 1.29 is 14.3 Å². The minimum absolute atomic E-state index is 0.0114. The molecule has 204 valence electrons. The van der Waals surface area contributed by atoms with Gasteiger partial charge in [0.25, 0.3) is 0 Å². The average molecular weight is 595 g/mol. The molecule has 0 fully saturated rings. The first-order valence-electron chi connectivity index (χ1n) is 12.4. The highest BCUT2D eigenvalue weighted by molar-refractivity contribution is 7.22. The Morgan fingerprint density at radius 2 is 1.80 bits per heavy atom. The number of benzene rings is 3. The van der Waals surface area contributed by atoms with Gasteiger partial charge in [0.1, 0.15) is 17.9 Å². The van der Waals surface area contributed by atoms with Crippen molar-refractivity contribution in [2.24, 2.45) is 0 Å². The van der Waals surface area contributed by atoms with Gasteiger partial charge in [0.2, 0.25) is 11.8 Å². The molecule has 0 radical (unpaired) electrons. The summed E-state index contributed by atoms with van der Waals surface area (Å²) in [5.41, 5.74) is 3.46. The van der Waals surface area contributed by atoms with Crippen molar-refractivity contribution >= 4 is 78.3 Å². The van der Waals surface area contributed by atoms with E-state index >= 15 is 0 Å². The Bertz CT molecular complexity index is 1690. The molecule has 5 rings (SSSR count). The maximum Gasteiger partial charge on any atom is 0.246 e. The number of nitrogens with one attached hydrogen (secondary N) is 2. The Morgan fingerprint density at radius 3 is 2.62 bits per heavy atom. The van der Waals surface area contributed by atoms with Crippen molar-refractivity contribution in [3.05, 3.63) is 88.0 Å². The van der Waals surface area contributed by atoms with Crippen LogP contribution in [0.25, 0.3) is 21.1 Å². The lowest BCUT2D eigenvalue weighted by Gasteiger charge is -2.21. The molecule has 0 saturated heterocycles. The molecule has 3 aromatic carbocycles. The summed E-state index contributed by atoms with van der Waals surface area (Å²) in [7, 11) is 1.59. The van der Waals surface area contributed by atoms with Gasteiger partial charge in [-0.2, -0.15) is 0 Å². The van der Waals surface area contributed by atoms with Crippen LogP contribution in [0, 0.1) is 6.92 Å². The number of halogens is 2. The number of hydrogen-bond donors (Lipinski definition) is 2. The third-order valence-electron chi connectivity index (χ3n) is 6.23. The molecule has 2 amide bonds. The number of hydrogen-bond acceptors (Lipinski definition) is 7. The van der Waals surface area contributed by atoms with Crippen LogP contribution in [0.1, 0.15) is 11.3 Å². The highest BCUT2D eigenvalue weighted by Crippen LogP contribution is 2.35. The fourth-order valence-corrected chi connectivity index (χ4v) is 5.52. The highest BCUT2D eigenvalue weighted by atomic mass is 35.5. The molecule has 0 saturated carbocycles. The summed E-state index contributed by atoms with van der Waals surface area (Å²) in [6.45, 7) is 1.78. The number of aryl methyl sites for hydroxylation is 1. The molecule has 2 N–H and O–H groups in total. The van der Waals surface area contributed by atoms with Gasteiger partial charge >= 0.3 is 0 Å². The maximum absolute atomic E-state index is 12.9. The monoisotopic (exact) mass is 593 g/mol. The first-order chi connectivity index (χ1) is 19.3. The number of para-hydroxylation sites is 2. The van der Waals surface area contributed by atoms with Crippen LogP contribution in [-0.4, -0.2) is 41.9 Å². The van der Waals surface area contributed by atoms with E-state index in [1.165, 1.54) is 16.2 Å². The normalized spacial score (nSPS) is 11.0. The summed E-state index contributed by atoms with van der Waals surface area (Å²) in [5.74, 6) is -0.0836. The van der Waals surface area contributed by atoms with Gasteiger partial charge < -0.3 is 20.3 Å². The predicted octanol–water partition coefficient (Wildman–Crippen LogP) is 6.23. The molecule has 2 heterocycles. The first-order valence-corrected chi connectivity index (χ1v) is 14.0. The molecule has 40 heavy (non-hydrogen) atoms. The maximum atomic E-state index is 12.9. The summed E-state index contributed by atoms with van der Waals surface area (Å²) >= 11 is 14.6. The zero-order chi connectivity index (χ0) is 28.2. The zero-order valence-electron chi connectivity index (χ0n) is 21.7. The van der Waals surface area contributed by atoms with E-state index in [1.54, 1.807) is 19.2 Å². The number of rotatable bonds is 9. The van der Waals surface area contributed by atoms with E-state index < -0.39 is 0 Å². The largest absolute Gasteiger partial charge is 0.487 e. The molecular weight excluding hydrogens is 569 g/mol. The molecule has 0 aliphatic rings. The minimum Gasteiger partial charge on any atom is -0.487 e. The van der Waals surface area contributed by atoms with Gasteiger partial charge in [0.05, 0.1) is 34.0 Å². The van der Waals surface area contributed by atoms with Crippen molar-refractivity contribution in [3.8, 4) is 5.75 Å². The Hall–Kier alpha value is -3.92. The molecular formula is C29H25Cl2N5O3S. The van der Waals surface area contributed by atoms with Crippen LogP contribution in [-0.2, 0) is 16.2 Å². The molecule has 8 nitrogen and oxygen atoms in total. The summed E-state index contributed by atoms with van der Waals surface area (Å²) in [6, 6.07) is 20.7. The van der Waals surface area contributed by atoms with Crippen molar-refractivity contribution in [3.63, 3.8) is 0 Å². The molecule has 0 bridgehead atoms. The van der Waals surface area contributed by atoms with Crippen molar-refractivity contribution in [1.82, 2.24) is 15.3 Å². The van der Waals surface area contributed by atoms with E-state index in [0.29, 0.717) is 27.2 Å². The van der Waals surface area contributed by atoms with Crippen molar-refractivity contribution in [2.75, 3.05) is 30.4 Å². The summed E-state index contributed by atoms with van der Waals surface area (Å²) < 4.78 is 7.10. The lowest BCUT2D eigenvalue weighted by Crippen LogP contribution is -2.40. The quantitative estimate of drug-likeness (QED) is 0.210. The molecule has 11 heteroatoms. The number of pyridine rings is 1. The number of carbonyl (C=O) groups is 2. The van der Waals surface area contributed by atoms with Crippen LogP contribution in [0.3, 0.4) is 0 Å². The van der Waals surface area contributed by atoms with Gasteiger partial charge in [0, 0.05) is 28.7 Å². The van der Waals surface area contributed by atoms with Gasteiger partial charge in [-0.15, -0.1) is 0 Å². The molecule has 0 aliphatic heterocycles. The smallest absolute Gasteiger partial charge is 0.246 e. The van der Waals surface area contributed by atoms with Crippen LogP contribution in [0.4, 0.5) is 10.8 Å². The third kappa shape index (κ3) is 6.12. The molecule has 0 atom stereocenters. The Kier molecular flexibility index (Phi) is 8.35. The minimum atomic E-state index is -0.349. The van der Waals surface area contributed by atoms with Gasteiger partial charge in [-0.25, -0.2) is 9.97 Å². The van der Waals surface area contributed by atoms with Crippen LogP contribution in [0.2, 0.25) is 10.0 Å². The highest BCUT2D eigenvalue weighted by Gasteiger charge is 2.19. The fraction of sp³-hybridized carbons (Fsp3) is 0.172. The van der Waals surface area contributed by atoms with E-state index in [-0.39, 0.29) is 36.5 Å². The average Bonchev–Trinajstić information content (AvgIpc) is 3.37. The fourth-order valence-electron chi connectivity index (χ4n) is 4.05. The van der Waals surface area contributed by atoms with Gasteiger partial charge in [-0.1, -0.05) is 64.9 Å². The number of thiazole rings is 1. The third-order valence-corrected chi connectivity index (χ3v) is 8.00. The SMILES string of the molecule is Cc1ccc2cccc(OCc3c(Cl)ccc(N(C)C(=O)CNC(=O)CNc4nc5ccccc5s4)c3Cl)c2n1. The number of likely N-dealkylation sites (N-methyl/N-ethyl adjacent to an activating group) is 1. The second kappa shape index (κ2) is 12.1. The standard InChI is InChI=1S/C29H25Cl2N5O3S/c1-17-10-11-18-6-5-8-23(28(18)34-17)39-16-19-20(30)12-13-22(27(19)31)36(2)26(38)15-32-25(37)14-33-29-35-21-7-3-4-9-24(21)40-29/h3-13H,14-16H2,1-2H3,(H,32,37)(H,33,35). The van der Waals surface area contributed by atoms with Gasteiger partial charge in [-0.05, 0) is 43.3 Å². The van der Waals surface area contributed by atoms with Crippen LogP contribution in [0.15, 0.2) is 66.7 Å². The second-order valence-corrected chi connectivity index (χ2v) is 10.8. The number of amides is 2. The number of carbonyl (C=O) groups excluding carboxylic acids is 2. The van der Waals surface area contributed by atoms with Crippen molar-refractivity contribution in [2.45, 2.75) is 13.5 Å². The number of aromatic nitrogens is 2. The van der Waals surface area contributed by atoms with Gasteiger partial charge in [-0.3, -0.25) is 9.59 Å². The summed E-state index contributed by atoms with van der Waals surface area (Å²) in [6.07, 6.45) is 0. The number of anilines is 2. The number of ether oxygens (including phenoxy) is 1. The molecule has 2 aromatic heterocycles. The lowest BCUT2D eigenvalue weighted by molar-refractivity contribution is -0.123. The first kappa shape index (κ1) is 27.6. The molecule has 0 aliphatic carbocycles. The van der Waals surface area contributed by atoms with E-state index in [0.717, 1.165) is 26.8 Å². The van der Waals surface area contributed by atoms with Crippen LogP contribution >= 0.6 is 34.5 Å². The zero-order valence-corrected chi connectivity index (χ0v) is 24.0. The van der Waals surface area contributed by atoms with E-state index in [4.69, 9.17) is 27.9 Å². The predicted molar refractivity (Wildman–Crippen MR) is 162 cm³/mol. The second-order valence-electron chi connectivity index (χ2n) is 9.00. The topological polar surface area (TPSA) is 96.5 Å². The number of nitrogens with zero attached hydrogens (tertiary/aromatic N) is 3. The van der Waals surface area contributed by atoms with Crippen LogP contribution < -0.4 is 20.3 Å². The summed E-state index contributed by atoms with van der Waals surface area (Å²) in [5, 5.41) is 7.92. The van der Waals surface area contributed by atoms with Crippen molar-refractivity contribution in [1.29, 1.82) is 0 Å². The number of fused-ring (bicyclic) bond motifs is 2. The van der Waals surface area contributed by atoms with E-state index in [2.05, 4.69) is 20.6 Å². The van der Waals surface area contributed by atoms with E-state index in [9.17, 15) is 9.59 Å².